The molecule has 0 unspecified atom stereocenters. The van der Waals surface area contributed by atoms with Crippen molar-refractivity contribution in [3.05, 3.63) is 72.3 Å². The quantitative estimate of drug-likeness (QED) is 0.204. The van der Waals surface area contributed by atoms with Crippen molar-refractivity contribution in [3.63, 3.8) is 0 Å². The van der Waals surface area contributed by atoms with Crippen molar-refractivity contribution in [3.8, 4) is 5.88 Å². The first kappa shape index (κ1) is 16.9. The van der Waals surface area contributed by atoms with Crippen molar-refractivity contribution in [2.75, 3.05) is 0 Å². The van der Waals surface area contributed by atoms with Gasteiger partial charge in [0.25, 0.3) is 0 Å². The first-order valence-corrected chi connectivity index (χ1v) is 8.65. The zero-order valence-electron chi connectivity index (χ0n) is 14.1. The molecule has 0 saturated carbocycles. The lowest BCUT2D eigenvalue weighted by Gasteiger charge is -1.99. The maximum Gasteiger partial charge on any atom is 0.234 e. The standard InChI is InChI=1S/C20H15N5OS/c26-19-18(16-7-3-4-8-17(16)22-19)23-25-20(27)24-21-12-13-9-10-14-5-1-2-6-15(14)11-13/h1-12,22,26H,(H,24,27)/b21-12+,25-23?. The normalized spacial score (nSPS) is 11.7. The Morgan fingerprint density at radius 3 is 2.67 bits per heavy atom. The summed E-state index contributed by atoms with van der Waals surface area (Å²) in [5.41, 5.74) is 4.71. The van der Waals surface area contributed by atoms with Gasteiger partial charge in [-0.2, -0.15) is 5.10 Å². The Kier molecular flexibility index (Phi) is 4.59. The van der Waals surface area contributed by atoms with E-state index in [0.717, 1.165) is 21.9 Å². The molecule has 4 rings (SSSR count). The van der Waals surface area contributed by atoms with Crippen LogP contribution in [-0.4, -0.2) is 21.4 Å². The predicted molar refractivity (Wildman–Crippen MR) is 112 cm³/mol. The summed E-state index contributed by atoms with van der Waals surface area (Å²) in [5, 5.41) is 25.2. The number of fused-ring (bicyclic) bond motifs is 2. The Bertz CT molecular complexity index is 1200. The van der Waals surface area contributed by atoms with Crippen LogP contribution in [-0.2, 0) is 0 Å². The van der Waals surface area contributed by atoms with E-state index in [4.69, 9.17) is 12.2 Å². The second kappa shape index (κ2) is 7.35. The number of aromatic nitrogens is 1. The zero-order chi connectivity index (χ0) is 18.6. The number of rotatable bonds is 3. The minimum Gasteiger partial charge on any atom is -0.493 e. The van der Waals surface area contributed by atoms with Crippen LogP contribution in [0.5, 0.6) is 5.88 Å². The summed E-state index contributed by atoms with van der Waals surface area (Å²) in [4.78, 5) is 2.84. The van der Waals surface area contributed by atoms with Crippen molar-refractivity contribution in [2.24, 2.45) is 15.3 Å². The van der Waals surface area contributed by atoms with Crippen LogP contribution in [0.3, 0.4) is 0 Å². The lowest BCUT2D eigenvalue weighted by Crippen LogP contribution is -2.11. The monoisotopic (exact) mass is 373 g/mol. The molecule has 0 fully saturated rings. The minimum absolute atomic E-state index is 0.0533. The summed E-state index contributed by atoms with van der Waals surface area (Å²) in [6, 6.07) is 21.6. The highest BCUT2D eigenvalue weighted by Gasteiger charge is 2.09. The highest BCUT2D eigenvalue weighted by molar-refractivity contribution is 7.80. The van der Waals surface area contributed by atoms with Gasteiger partial charge in [0.2, 0.25) is 11.0 Å². The molecule has 3 aromatic carbocycles. The van der Waals surface area contributed by atoms with Gasteiger partial charge >= 0.3 is 0 Å². The van der Waals surface area contributed by atoms with Gasteiger partial charge < -0.3 is 10.1 Å². The Morgan fingerprint density at radius 1 is 1.00 bits per heavy atom. The number of hydrazone groups is 1. The van der Waals surface area contributed by atoms with E-state index in [-0.39, 0.29) is 11.0 Å². The molecule has 0 radical (unpaired) electrons. The first-order valence-electron chi connectivity index (χ1n) is 8.24. The Hall–Kier alpha value is -3.58. The molecule has 0 saturated heterocycles. The number of aromatic amines is 1. The Morgan fingerprint density at radius 2 is 1.78 bits per heavy atom. The average Bonchev–Trinajstić information content (AvgIpc) is 3.01. The molecular weight excluding hydrogens is 358 g/mol. The van der Waals surface area contributed by atoms with Crippen molar-refractivity contribution < 1.29 is 5.11 Å². The van der Waals surface area contributed by atoms with Gasteiger partial charge in [-0.15, -0.1) is 10.2 Å². The highest BCUT2D eigenvalue weighted by Crippen LogP contribution is 2.35. The molecule has 0 aliphatic rings. The summed E-state index contributed by atoms with van der Waals surface area (Å²) in [5.74, 6) is -0.0533. The number of hydrogen-bond acceptors (Lipinski definition) is 4. The molecule has 0 spiro atoms. The predicted octanol–water partition coefficient (Wildman–Crippen LogP) is 5.02. The highest BCUT2D eigenvalue weighted by atomic mass is 32.1. The topological polar surface area (TPSA) is 85.1 Å². The summed E-state index contributed by atoms with van der Waals surface area (Å²) in [6.45, 7) is 0. The van der Waals surface area contributed by atoms with Crippen molar-refractivity contribution >= 4 is 50.9 Å². The van der Waals surface area contributed by atoms with Crippen molar-refractivity contribution in [1.82, 2.24) is 10.4 Å². The van der Waals surface area contributed by atoms with Gasteiger partial charge in [-0.3, -0.25) is 5.43 Å². The number of hydrogen-bond donors (Lipinski definition) is 3. The van der Waals surface area contributed by atoms with E-state index in [1.54, 1.807) is 6.21 Å². The van der Waals surface area contributed by atoms with Crippen LogP contribution in [0.15, 0.2) is 82.1 Å². The smallest absolute Gasteiger partial charge is 0.234 e. The number of thiocarbonyl (C=S) groups is 1. The molecule has 0 amide bonds. The molecule has 7 heteroatoms. The van der Waals surface area contributed by atoms with Crippen LogP contribution in [0, 0.1) is 0 Å². The molecule has 4 aromatic rings. The number of azo groups is 1. The second-order valence-corrected chi connectivity index (χ2v) is 6.24. The number of nitrogens with zero attached hydrogens (tertiary/aromatic N) is 3. The van der Waals surface area contributed by atoms with Gasteiger partial charge in [-0.05, 0) is 40.7 Å². The third kappa shape index (κ3) is 3.68. The molecular formula is C20H15N5OS. The van der Waals surface area contributed by atoms with Crippen LogP contribution < -0.4 is 5.43 Å². The van der Waals surface area contributed by atoms with Gasteiger partial charge in [-0.25, -0.2) is 0 Å². The minimum atomic E-state index is -0.0533. The molecule has 27 heavy (non-hydrogen) atoms. The number of H-pyrrole nitrogens is 1. The number of para-hydroxylation sites is 1. The van der Waals surface area contributed by atoms with Gasteiger partial charge in [-0.1, -0.05) is 54.6 Å². The molecule has 132 valence electrons. The van der Waals surface area contributed by atoms with Crippen LogP contribution >= 0.6 is 12.2 Å². The molecule has 0 atom stereocenters. The SMILES string of the molecule is Oc1[nH]c2ccccc2c1N=NC(=S)N/N=C/c1ccc2ccccc2c1. The second-order valence-electron chi connectivity index (χ2n) is 5.85. The first-order chi connectivity index (χ1) is 13.2. The maximum atomic E-state index is 9.96. The van der Waals surface area contributed by atoms with E-state index in [0.29, 0.717) is 5.69 Å². The van der Waals surface area contributed by atoms with Crippen molar-refractivity contribution in [2.45, 2.75) is 0 Å². The Balaban J connectivity index is 1.44. The summed E-state index contributed by atoms with van der Waals surface area (Å²) in [6.07, 6.45) is 1.66. The van der Waals surface area contributed by atoms with E-state index in [9.17, 15) is 5.11 Å². The zero-order valence-corrected chi connectivity index (χ0v) is 14.9. The lowest BCUT2D eigenvalue weighted by molar-refractivity contribution is 0.459. The molecule has 6 nitrogen and oxygen atoms in total. The third-order valence-corrected chi connectivity index (χ3v) is 4.22. The van der Waals surface area contributed by atoms with E-state index in [2.05, 4.69) is 31.8 Å². The summed E-state index contributed by atoms with van der Waals surface area (Å²) >= 11 is 5.11. The fourth-order valence-electron chi connectivity index (χ4n) is 2.78. The van der Waals surface area contributed by atoms with Gasteiger partial charge in [0.1, 0.15) is 0 Å². The molecule has 1 aromatic heterocycles. The molecule has 1 heterocycles. The average molecular weight is 373 g/mol. The van der Waals surface area contributed by atoms with E-state index in [1.807, 2.05) is 60.7 Å². The van der Waals surface area contributed by atoms with Crippen molar-refractivity contribution in [1.29, 1.82) is 0 Å². The molecule has 0 bridgehead atoms. The number of nitrogens with one attached hydrogen (secondary N) is 2. The van der Waals surface area contributed by atoms with Gasteiger partial charge in [0.05, 0.1) is 11.7 Å². The third-order valence-electron chi connectivity index (χ3n) is 4.05. The van der Waals surface area contributed by atoms with Crippen LogP contribution in [0.4, 0.5) is 5.69 Å². The summed E-state index contributed by atoms with van der Waals surface area (Å²) < 4.78 is 0. The molecule has 0 aliphatic heterocycles. The molecule has 3 N–H and O–H groups in total. The van der Waals surface area contributed by atoms with E-state index >= 15 is 0 Å². The maximum absolute atomic E-state index is 9.96. The largest absolute Gasteiger partial charge is 0.493 e. The molecule has 0 aliphatic carbocycles. The van der Waals surface area contributed by atoms with Crippen LogP contribution in [0.1, 0.15) is 5.56 Å². The van der Waals surface area contributed by atoms with Gasteiger partial charge in [0, 0.05) is 5.39 Å². The summed E-state index contributed by atoms with van der Waals surface area (Å²) in [7, 11) is 0. The van der Waals surface area contributed by atoms with E-state index in [1.165, 1.54) is 5.39 Å². The Labute approximate surface area is 160 Å². The van der Waals surface area contributed by atoms with Gasteiger partial charge in [0.15, 0.2) is 5.69 Å². The van der Waals surface area contributed by atoms with E-state index < -0.39 is 0 Å². The van der Waals surface area contributed by atoms with Crippen LogP contribution in [0.25, 0.3) is 21.7 Å². The number of aromatic hydroxyl groups is 1. The van der Waals surface area contributed by atoms with Crippen LogP contribution in [0.2, 0.25) is 0 Å². The lowest BCUT2D eigenvalue weighted by atomic mass is 10.1. The number of benzene rings is 3. The fourth-order valence-corrected chi connectivity index (χ4v) is 2.88. The fraction of sp³-hybridized carbons (Fsp3) is 0.